The molecule has 0 aromatic heterocycles. The Hall–Kier alpha value is -2.80. The summed E-state index contributed by atoms with van der Waals surface area (Å²) in [6, 6.07) is 12.0. The summed E-state index contributed by atoms with van der Waals surface area (Å²) >= 11 is 5.94. The Bertz CT molecular complexity index is 965. The summed E-state index contributed by atoms with van der Waals surface area (Å²) in [5.41, 5.74) is 0.514. The highest BCUT2D eigenvalue weighted by molar-refractivity contribution is 6.27. The molecule has 1 N–H and O–H groups in total. The van der Waals surface area contributed by atoms with Crippen LogP contribution in [0.25, 0.3) is 0 Å². The van der Waals surface area contributed by atoms with Crippen LogP contribution in [0, 0.1) is 5.82 Å². The van der Waals surface area contributed by atoms with Gasteiger partial charge in [0, 0.05) is 6.04 Å². The lowest BCUT2D eigenvalue weighted by Gasteiger charge is -2.36. The quantitative estimate of drug-likeness (QED) is 0.610. The zero-order valence-electron chi connectivity index (χ0n) is 18.3. The number of halogens is 2. The van der Waals surface area contributed by atoms with Crippen molar-refractivity contribution in [2.24, 2.45) is 0 Å². The molecule has 0 spiro atoms. The molecule has 2 aromatic rings. The molecule has 1 heterocycles. The Morgan fingerprint density at radius 2 is 1.76 bits per heavy atom. The lowest BCUT2D eigenvalue weighted by molar-refractivity contribution is -0.141. The smallest absolute Gasteiger partial charge is 0.247 e. The molecule has 2 aromatic carbocycles. The van der Waals surface area contributed by atoms with Crippen LogP contribution in [0.2, 0.25) is 0 Å². The molecule has 2 atom stereocenters. The van der Waals surface area contributed by atoms with Gasteiger partial charge in [-0.05, 0) is 42.7 Å². The fourth-order valence-corrected chi connectivity index (χ4v) is 4.60. The largest absolute Gasteiger partial charge is 0.486 e. The standard InChI is InChI=1S/C25H28ClFN2O4/c26-14-23(30)29(15-20-16-32-21-8-4-5-9-22(21)33-20)24(17-10-12-18(27)13-11-17)25(31)28-19-6-2-1-3-7-19/h4-5,8-13,19-20,24H,1-3,6-7,14-16H2,(H,28,31)/t20-,24+/m1/s1. The average molecular weight is 475 g/mol. The van der Waals surface area contributed by atoms with Crippen molar-refractivity contribution < 1.29 is 23.5 Å². The molecule has 1 aliphatic heterocycles. The van der Waals surface area contributed by atoms with Crippen molar-refractivity contribution in [1.29, 1.82) is 0 Å². The van der Waals surface area contributed by atoms with Gasteiger partial charge < -0.3 is 19.7 Å². The predicted molar refractivity (Wildman–Crippen MR) is 123 cm³/mol. The van der Waals surface area contributed by atoms with Crippen LogP contribution in [0.15, 0.2) is 48.5 Å². The Kier molecular flexibility index (Phi) is 7.70. The van der Waals surface area contributed by atoms with Crippen molar-refractivity contribution in [3.8, 4) is 11.5 Å². The van der Waals surface area contributed by atoms with Gasteiger partial charge >= 0.3 is 0 Å². The van der Waals surface area contributed by atoms with E-state index in [1.165, 1.54) is 29.2 Å². The van der Waals surface area contributed by atoms with Gasteiger partial charge in [0.1, 0.15) is 24.3 Å². The molecule has 1 saturated carbocycles. The molecule has 0 radical (unpaired) electrons. The maximum absolute atomic E-state index is 13.6. The van der Waals surface area contributed by atoms with Gasteiger partial charge in [0.15, 0.2) is 17.6 Å². The average Bonchev–Trinajstić information content (AvgIpc) is 2.85. The van der Waals surface area contributed by atoms with Crippen molar-refractivity contribution in [2.45, 2.75) is 50.3 Å². The minimum absolute atomic E-state index is 0.0586. The van der Waals surface area contributed by atoms with Crippen molar-refractivity contribution in [2.75, 3.05) is 19.0 Å². The summed E-state index contributed by atoms with van der Waals surface area (Å²) in [7, 11) is 0. The maximum Gasteiger partial charge on any atom is 0.247 e. The van der Waals surface area contributed by atoms with Gasteiger partial charge in [0.25, 0.3) is 0 Å². The molecule has 1 fully saturated rings. The normalized spacial score (nSPS) is 18.9. The summed E-state index contributed by atoms with van der Waals surface area (Å²) in [5.74, 6) is -0.207. The number of para-hydroxylation sites is 2. The molecular weight excluding hydrogens is 447 g/mol. The summed E-state index contributed by atoms with van der Waals surface area (Å²) in [4.78, 5) is 27.9. The van der Waals surface area contributed by atoms with Gasteiger partial charge in [-0.25, -0.2) is 4.39 Å². The van der Waals surface area contributed by atoms with E-state index < -0.39 is 23.9 Å². The van der Waals surface area contributed by atoms with E-state index >= 15 is 0 Å². The van der Waals surface area contributed by atoms with Gasteiger partial charge in [-0.15, -0.1) is 11.6 Å². The Morgan fingerprint density at radius 1 is 1.06 bits per heavy atom. The SMILES string of the molecule is O=C(NC1CCCCC1)[C@H](c1ccc(F)cc1)N(C[C@@H]1COc2ccccc2O1)C(=O)CCl. The number of carbonyl (C=O) groups excluding carboxylic acids is 2. The molecule has 8 heteroatoms. The van der Waals surface area contributed by atoms with Crippen LogP contribution in [0.4, 0.5) is 4.39 Å². The van der Waals surface area contributed by atoms with E-state index in [0.717, 1.165) is 32.1 Å². The second-order valence-corrected chi connectivity index (χ2v) is 8.74. The van der Waals surface area contributed by atoms with Crippen LogP contribution in [0.3, 0.4) is 0 Å². The number of benzene rings is 2. The number of alkyl halides is 1. The number of hydrogen-bond donors (Lipinski definition) is 1. The minimum atomic E-state index is -0.959. The first-order chi connectivity index (χ1) is 16.0. The molecular formula is C25H28ClFN2O4. The lowest BCUT2D eigenvalue weighted by atomic mass is 9.94. The Labute approximate surface area is 198 Å². The van der Waals surface area contributed by atoms with Gasteiger partial charge in [-0.1, -0.05) is 43.5 Å². The second kappa shape index (κ2) is 10.9. The molecule has 2 aliphatic rings. The molecule has 6 nitrogen and oxygen atoms in total. The predicted octanol–water partition coefficient (Wildman–Crippen LogP) is 4.22. The first-order valence-corrected chi connectivity index (χ1v) is 11.9. The van der Waals surface area contributed by atoms with E-state index in [4.69, 9.17) is 21.1 Å². The fraction of sp³-hybridized carbons (Fsp3) is 0.440. The summed E-state index contributed by atoms with van der Waals surface area (Å²) in [5, 5.41) is 3.10. The third-order valence-corrected chi connectivity index (χ3v) is 6.33. The number of nitrogens with zero attached hydrogens (tertiary/aromatic N) is 1. The summed E-state index contributed by atoms with van der Waals surface area (Å²) in [6.45, 7) is 0.323. The van der Waals surface area contributed by atoms with Gasteiger partial charge in [-0.3, -0.25) is 9.59 Å². The molecule has 1 aliphatic carbocycles. The molecule has 4 rings (SSSR count). The van der Waals surface area contributed by atoms with E-state index in [9.17, 15) is 14.0 Å². The molecule has 0 bridgehead atoms. The van der Waals surface area contributed by atoms with Crippen LogP contribution in [-0.4, -0.2) is 47.9 Å². The van der Waals surface area contributed by atoms with E-state index in [1.54, 1.807) is 6.07 Å². The molecule has 0 unspecified atom stereocenters. The number of rotatable bonds is 7. The highest BCUT2D eigenvalue weighted by Crippen LogP contribution is 2.32. The van der Waals surface area contributed by atoms with E-state index in [-0.39, 0.29) is 31.0 Å². The van der Waals surface area contributed by atoms with Crippen molar-refractivity contribution in [1.82, 2.24) is 10.2 Å². The van der Waals surface area contributed by atoms with Crippen molar-refractivity contribution >= 4 is 23.4 Å². The Morgan fingerprint density at radius 3 is 2.45 bits per heavy atom. The highest BCUT2D eigenvalue weighted by atomic mass is 35.5. The molecule has 176 valence electrons. The topological polar surface area (TPSA) is 67.9 Å². The van der Waals surface area contributed by atoms with Gasteiger partial charge in [0.05, 0.1) is 6.54 Å². The van der Waals surface area contributed by atoms with Gasteiger partial charge in [0.2, 0.25) is 11.8 Å². The zero-order valence-corrected chi connectivity index (χ0v) is 19.1. The van der Waals surface area contributed by atoms with Crippen molar-refractivity contribution in [3.05, 3.63) is 59.9 Å². The Balaban J connectivity index is 1.59. The fourth-order valence-electron chi connectivity index (χ4n) is 4.45. The highest BCUT2D eigenvalue weighted by Gasteiger charge is 2.35. The van der Waals surface area contributed by atoms with Crippen LogP contribution in [0.5, 0.6) is 11.5 Å². The number of amides is 2. The van der Waals surface area contributed by atoms with E-state index in [1.807, 2.05) is 18.2 Å². The van der Waals surface area contributed by atoms with E-state index in [2.05, 4.69) is 5.32 Å². The van der Waals surface area contributed by atoms with Crippen LogP contribution in [-0.2, 0) is 9.59 Å². The van der Waals surface area contributed by atoms with Crippen LogP contribution >= 0.6 is 11.6 Å². The first-order valence-electron chi connectivity index (χ1n) is 11.3. The van der Waals surface area contributed by atoms with Crippen LogP contribution < -0.4 is 14.8 Å². The number of hydrogen-bond acceptors (Lipinski definition) is 4. The molecule has 0 saturated heterocycles. The second-order valence-electron chi connectivity index (χ2n) is 8.47. The number of ether oxygens (including phenoxy) is 2. The monoisotopic (exact) mass is 474 g/mol. The number of carbonyl (C=O) groups is 2. The minimum Gasteiger partial charge on any atom is -0.486 e. The van der Waals surface area contributed by atoms with E-state index in [0.29, 0.717) is 17.1 Å². The number of nitrogens with one attached hydrogen (secondary N) is 1. The zero-order chi connectivity index (χ0) is 23.2. The third kappa shape index (κ3) is 5.77. The summed E-state index contributed by atoms with van der Waals surface area (Å²) < 4.78 is 25.5. The van der Waals surface area contributed by atoms with Crippen LogP contribution in [0.1, 0.15) is 43.7 Å². The molecule has 33 heavy (non-hydrogen) atoms. The lowest BCUT2D eigenvalue weighted by Crippen LogP contribution is -2.51. The summed E-state index contributed by atoms with van der Waals surface area (Å²) in [6.07, 6.45) is 4.60. The maximum atomic E-state index is 13.6. The third-order valence-electron chi connectivity index (χ3n) is 6.10. The van der Waals surface area contributed by atoms with Crippen molar-refractivity contribution in [3.63, 3.8) is 0 Å². The molecule has 2 amide bonds. The number of fused-ring (bicyclic) bond motifs is 1. The first kappa shape index (κ1) is 23.4. The van der Waals surface area contributed by atoms with Gasteiger partial charge in [-0.2, -0.15) is 0 Å².